The Morgan fingerprint density at radius 2 is 2.05 bits per heavy atom. The van der Waals surface area contributed by atoms with E-state index in [4.69, 9.17) is 0 Å². The maximum absolute atomic E-state index is 11.7. The number of nitrogens with one attached hydrogen (secondary N) is 1. The Balaban J connectivity index is 2.02. The van der Waals surface area contributed by atoms with Crippen LogP contribution in [0.15, 0.2) is 24.3 Å². The molecule has 1 N–H and O–H groups in total. The summed E-state index contributed by atoms with van der Waals surface area (Å²) in [6.07, 6.45) is 0.894. The average Bonchev–Trinajstić information content (AvgIpc) is 2.87. The van der Waals surface area contributed by atoms with Crippen LogP contribution in [0.3, 0.4) is 0 Å². The van der Waals surface area contributed by atoms with Gasteiger partial charge in [-0.1, -0.05) is 36.8 Å². The normalized spacial score (nSPS) is 12.2. The quantitative estimate of drug-likeness (QED) is 0.897. The molecule has 0 bridgehead atoms. The molecular formula is C14H19N5O. The van der Waals surface area contributed by atoms with Crippen molar-refractivity contribution in [2.75, 3.05) is 0 Å². The van der Waals surface area contributed by atoms with Crippen LogP contribution in [0, 0.1) is 6.92 Å². The largest absolute Gasteiger partial charge is 0.352 e. The molecule has 6 nitrogen and oxygen atoms in total. The van der Waals surface area contributed by atoms with E-state index in [1.807, 2.05) is 45.0 Å². The minimum atomic E-state index is -0.104. The first-order chi connectivity index (χ1) is 9.58. The highest BCUT2D eigenvalue weighted by molar-refractivity contribution is 5.75. The summed E-state index contributed by atoms with van der Waals surface area (Å²) in [5.74, 6) is 0.425. The van der Waals surface area contributed by atoms with Crippen molar-refractivity contribution in [1.29, 1.82) is 0 Å². The molecule has 1 unspecified atom stereocenters. The zero-order valence-corrected chi connectivity index (χ0v) is 12.0. The zero-order valence-electron chi connectivity index (χ0n) is 12.0. The van der Waals surface area contributed by atoms with Crippen molar-refractivity contribution < 1.29 is 4.79 Å². The van der Waals surface area contributed by atoms with Crippen molar-refractivity contribution in [2.24, 2.45) is 0 Å². The van der Waals surface area contributed by atoms with E-state index in [2.05, 4.69) is 20.7 Å². The minimum Gasteiger partial charge on any atom is -0.352 e. The van der Waals surface area contributed by atoms with Gasteiger partial charge in [0.1, 0.15) is 6.54 Å². The molecule has 0 radical (unpaired) electrons. The second kappa shape index (κ2) is 6.27. The van der Waals surface area contributed by atoms with Crippen LogP contribution in [-0.4, -0.2) is 32.2 Å². The van der Waals surface area contributed by atoms with Crippen LogP contribution in [0.4, 0.5) is 0 Å². The van der Waals surface area contributed by atoms with Gasteiger partial charge in [-0.3, -0.25) is 4.79 Å². The van der Waals surface area contributed by atoms with Crippen molar-refractivity contribution in [3.8, 4) is 11.4 Å². The highest BCUT2D eigenvalue weighted by Gasteiger charge is 2.10. The van der Waals surface area contributed by atoms with Gasteiger partial charge in [-0.05, 0) is 25.5 Å². The third-order valence-corrected chi connectivity index (χ3v) is 3.07. The molecule has 1 aromatic heterocycles. The molecule has 0 aliphatic rings. The number of tetrazole rings is 1. The first kappa shape index (κ1) is 14.2. The average molecular weight is 273 g/mol. The molecule has 6 heteroatoms. The molecule has 0 spiro atoms. The zero-order chi connectivity index (χ0) is 14.5. The first-order valence-electron chi connectivity index (χ1n) is 6.72. The van der Waals surface area contributed by atoms with Gasteiger partial charge in [0.25, 0.3) is 0 Å². The lowest BCUT2D eigenvalue weighted by molar-refractivity contribution is -0.122. The number of benzene rings is 1. The lowest BCUT2D eigenvalue weighted by atomic mass is 10.1. The number of hydrogen-bond acceptors (Lipinski definition) is 4. The van der Waals surface area contributed by atoms with Gasteiger partial charge in [0, 0.05) is 11.6 Å². The number of hydrogen-bond donors (Lipinski definition) is 1. The van der Waals surface area contributed by atoms with E-state index in [9.17, 15) is 4.79 Å². The Hall–Kier alpha value is -2.24. The molecule has 0 aliphatic heterocycles. The summed E-state index contributed by atoms with van der Waals surface area (Å²) >= 11 is 0. The summed E-state index contributed by atoms with van der Waals surface area (Å²) in [4.78, 5) is 13.0. The first-order valence-corrected chi connectivity index (χ1v) is 6.72. The molecule has 1 heterocycles. The van der Waals surface area contributed by atoms with Crippen molar-refractivity contribution in [3.05, 3.63) is 29.8 Å². The predicted octanol–water partition coefficient (Wildman–Crippen LogP) is 1.56. The lowest BCUT2D eigenvalue weighted by Crippen LogP contribution is -2.35. The highest BCUT2D eigenvalue weighted by Crippen LogP contribution is 2.13. The van der Waals surface area contributed by atoms with E-state index >= 15 is 0 Å². The number of carbonyl (C=O) groups excluding carboxylic acids is 1. The molecule has 106 valence electrons. The second-order valence-electron chi connectivity index (χ2n) is 4.89. The molecule has 1 amide bonds. The summed E-state index contributed by atoms with van der Waals surface area (Å²) < 4.78 is 0. The number of carbonyl (C=O) groups is 1. The summed E-state index contributed by atoms with van der Waals surface area (Å²) in [5.41, 5.74) is 2.07. The fourth-order valence-electron chi connectivity index (χ4n) is 1.68. The standard InChI is InChI=1S/C14H19N5O/c1-4-11(3)15-13(20)9-19-17-14(16-18-19)12-7-5-10(2)6-8-12/h5-8,11H,4,9H2,1-3H3,(H,15,20). The van der Waals surface area contributed by atoms with E-state index in [0.29, 0.717) is 5.82 Å². The Bertz CT molecular complexity index is 576. The maximum atomic E-state index is 11.7. The molecule has 20 heavy (non-hydrogen) atoms. The van der Waals surface area contributed by atoms with Crippen molar-refractivity contribution in [3.63, 3.8) is 0 Å². The monoisotopic (exact) mass is 273 g/mol. The molecule has 1 atom stereocenters. The summed E-state index contributed by atoms with van der Waals surface area (Å²) in [6, 6.07) is 8.02. The second-order valence-corrected chi connectivity index (χ2v) is 4.89. The third-order valence-electron chi connectivity index (χ3n) is 3.07. The Labute approximate surface area is 118 Å². The molecule has 0 saturated carbocycles. The summed E-state index contributed by atoms with van der Waals surface area (Å²) in [7, 11) is 0. The van der Waals surface area contributed by atoms with E-state index < -0.39 is 0 Å². The predicted molar refractivity (Wildman–Crippen MR) is 75.9 cm³/mol. The van der Waals surface area contributed by atoms with Gasteiger partial charge in [-0.15, -0.1) is 10.2 Å². The number of amides is 1. The van der Waals surface area contributed by atoms with E-state index in [0.717, 1.165) is 12.0 Å². The SMILES string of the molecule is CCC(C)NC(=O)Cn1nnc(-c2ccc(C)cc2)n1. The molecule has 2 rings (SSSR count). The molecule has 0 saturated heterocycles. The van der Waals surface area contributed by atoms with Crippen molar-refractivity contribution in [2.45, 2.75) is 39.8 Å². The molecular weight excluding hydrogens is 254 g/mol. The third kappa shape index (κ3) is 3.63. The summed E-state index contributed by atoms with van der Waals surface area (Å²) in [5, 5.41) is 15.0. The van der Waals surface area contributed by atoms with Gasteiger partial charge >= 0.3 is 0 Å². The summed E-state index contributed by atoms with van der Waals surface area (Å²) in [6.45, 7) is 6.09. The number of aryl methyl sites for hydroxylation is 1. The van der Waals surface area contributed by atoms with Gasteiger partial charge < -0.3 is 5.32 Å². The fourth-order valence-corrected chi connectivity index (χ4v) is 1.68. The van der Waals surface area contributed by atoms with E-state index in [1.165, 1.54) is 10.4 Å². The van der Waals surface area contributed by atoms with Crippen LogP contribution in [0.2, 0.25) is 0 Å². The van der Waals surface area contributed by atoms with E-state index in [1.54, 1.807) is 0 Å². The van der Waals surface area contributed by atoms with Crippen LogP contribution in [0.25, 0.3) is 11.4 Å². The van der Waals surface area contributed by atoms with Crippen LogP contribution in [0.5, 0.6) is 0 Å². The molecule has 0 fully saturated rings. The smallest absolute Gasteiger partial charge is 0.243 e. The Morgan fingerprint density at radius 1 is 1.35 bits per heavy atom. The van der Waals surface area contributed by atoms with E-state index in [-0.39, 0.29) is 18.5 Å². The Morgan fingerprint density at radius 3 is 2.70 bits per heavy atom. The number of aromatic nitrogens is 4. The number of rotatable bonds is 5. The van der Waals surface area contributed by atoms with Gasteiger partial charge in [0.05, 0.1) is 0 Å². The van der Waals surface area contributed by atoms with Crippen LogP contribution >= 0.6 is 0 Å². The van der Waals surface area contributed by atoms with Crippen LogP contribution < -0.4 is 5.32 Å². The van der Waals surface area contributed by atoms with Gasteiger partial charge in [0.15, 0.2) is 0 Å². The highest BCUT2D eigenvalue weighted by atomic mass is 16.2. The Kier molecular flexibility index (Phi) is 4.45. The molecule has 1 aromatic carbocycles. The van der Waals surface area contributed by atoms with Crippen LogP contribution in [0.1, 0.15) is 25.8 Å². The minimum absolute atomic E-state index is 0.0865. The maximum Gasteiger partial charge on any atom is 0.243 e. The molecule has 0 aliphatic carbocycles. The van der Waals surface area contributed by atoms with Crippen molar-refractivity contribution in [1.82, 2.24) is 25.5 Å². The van der Waals surface area contributed by atoms with Gasteiger partial charge in [0.2, 0.25) is 11.7 Å². The lowest BCUT2D eigenvalue weighted by Gasteiger charge is -2.10. The fraction of sp³-hybridized carbons (Fsp3) is 0.429. The van der Waals surface area contributed by atoms with Crippen molar-refractivity contribution >= 4 is 5.91 Å². The van der Waals surface area contributed by atoms with Gasteiger partial charge in [-0.25, -0.2) is 0 Å². The molecule has 2 aromatic rings. The number of nitrogens with zero attached hydrogens (tertiary/aromatic N) is 4. The van der Waals surface area contributed by atoms with Crippen LogP contribution in [-0.2, 0) is 11.3 Å². The topological polar surface area (TPSA) is 72.7 Å². The van der Waals surface area contributed by atoms with Gasteiger partial charge in [-0.2, -0.15) is 4.80 Å².